The molecule has 22 heavy (non-hydrogen) atoms. The summed E-state index contributed by atoms with van der Waals surface area (Å²) < 4.78 is 5.26. The van der Waals surface area contributed by atoms with Crippen LogP contribution in [0.2, 0.25) is 5.02 Å². The fourth-order valence-electron chi connectivity index (χ4n) is 2.27. The largest absolute Gasteiger partial charge is 0.444 e. The van der Waals surface area contributed by atoms with E-state index in [1.54, 1.807) is 6.20 Å². The molecule has 5 heteroatoms. The number of halogens is 1. The van der Waals surface area contributed by atoms with E-state index in [0.29, 0.717) is 11.6 Å². The minimum absolute atomic E-state index is 0.165. The molecule has 1 heterocycles. The highest BCUT2D eigenvalue weighted by Gasteiger charge is 2.47. The van der Waals surface area contributed by atoms with Gasteiger partial charge < -0.3 is 10.1 Å². The van der Waals surface area contributed by atoms with Gasteiger partial charge in [-0.15, -0.1) is 0 Å². The summed E-state index contributed by atoms with van der Waals surface area (Å²) in [5, 5.41) is 3.46. The summed E-state index contributed by atoms with van der Waals surface area (Å²) in [4.78, 5) is 16.3. The molecule has 1 saturated carbocycles. The number of nitrogens with zero attached hydrogens (tertiary/aromatic N) is 1. The number of aromatic nitrogens is 1. The molecule has 0 bridgehead atoms. The minimum atomic E-state index is -0.500. The van der Waals surface area contributed by atoms with E-state index in [2.05, 4.69) is 16.9 Å². The second-order valence-electron chi connectivity index (χ2n) is 6.97. The second kappa shape index (κ2) is 5.92. The molecule has 0 saturated heterocycles. The fourth-order valence-corrected chi connectivity index (χ4v) is 2.63. The summed E-state index contributed by atoms with van der Waals surface area (Å²) in [7, 11) is 0. The lowest BCUT2D eigenvalue weighted by Crippen LogP contribution is -2.37. The maximum atomic E-state index is 11.8. The van der Waals surface area contributed by atoms with Crippen molar-refractivity contribution in [3.63, 3.8) is 0 Å². The molecule has 1 aromatic rings. The van der Waals surface area contributed by atoms with Gasteiger partial charge in [-0.05, 0) is 57.7 Å². The van der Waals surface area contributed by atoms with Crippen LogP contribution in [-0.2, 0) is 10.2 Å². The molecule has 0 spiro atoms. The third kappa shape index (κ3) is 4.01. The van der Waals surface area contributed by atoms with Crippen LogP contribution in [-0.4, -0.2) is 23.2 Å². The second-order valence-corrected chi connectivity index (χ2v) is 7.38. The number of rotatable bonds is 4. The molecule has 0 radical (unpaired) electrons. The van der Waals surface area contributed by atoms with Crippen molar-refractivity contribution in [2.24, 2.45) is 0 Å². The van der Waals surface area contributed by atoms with Crippen LogP contribution < -0.4 is 5.32 Å². The van der Waals surface area contributed by atoms with Gasteiger partial charge in [-0.1, -0.05) is 18.2 Å². The average Bonchev–Trinajstić information content (AvgIpc) is 3.15. The number of hydrogen-bond acceptors (Lipinski definition) is 3. The summed E-state index contributed by atoms with van der Waals surface area (Å²) in [5.41, 5.74) is 2.04. The van der Waals surface area contributed by atoms with Crippen molar-refractivity contribution < 1.29 is 9.53 Å². The molecule has 1 fully saturated rings. The van der Waals surface area contributed by atoms with Crippen LogP contribution in [0.3, 0.4) is 0 Å². The Labute approximate surface area is 136 Å². The third-order valence-corrected chi connectivity index (χ3v) is 3.95. The number of nitrogens with one attached hydrogen (secondary N) is 1. The topological polar surface area (TPSA) is 51.2 Å². The molecule has 0 atom stereocenters. The van der Waals surface area contributed by atoms with Gasteiger partial charge >= 0.3 is 6.09 Å². The Bertz CT molecular complexity index is 601. The lowest BCUT2D eigenvalue weighted by Gasteiger charge is -2.22. The van der Waals surface area contributed by atoms with Crippen molar-refractivity contribution in [2.45, 2.75) is 51.6 Å². The third-order valence-electron chi connectivity index (χ3n) is 3.66. The number of amides is 1. The van der Waals surface area contributed by atoms with Crippen molar-refractivity contribution in [3.8, 4) is 0 Å². The molecular formula is C17H23ClN2O2. The average molecular weight is 323 g/mol. The quantitative estimate of drug-likeness (QED) is 0.898. The van der Waals surface area contributed by atoms with Gasteiger partial charge in [0.15, 0.2) is 0 Å². The van der Waals surface area contributed by atoms with Gasteiger partial charge in [0.05, 0.1) is 10.7 Å². The molecule has 1 aliphatic rings. The first kappa shape index (κ1) is 16.8. The molecule has 0 aliphatic heterocycles. The highest BCUT2D eigenvalue weighted by molar-refractivity contribution is 6.31. The summed E-state index contributed by atoms with van der Waals surface area (Å²) in [6.07, 6.45) is 3.30. The molecule has 1 aliphatic carbocycles. The highest BCUT2D eigenvalue weighted by Crippen LogP contribution is 2.49. The van der Waals surface area contributed by atoms with Crippen molar-refractivity contribution in [1.82, 2.24) is 10.3 Å². The van der Waals surface area contributed by atoms with Crippen LogP contribution in [0.5, 0.6) is 0 Å². The van der Waals surface area contributed by atoms with Crippen LogP contribution in [0.4, 0.5) is 4.79 Å². The molecule has 1 amide bonds. The van der Waals surface area contributed by atoms with Gasteiger partial charge in [0.1, 0.15) is 5.60 Å². The minimum Gasteiger partial charge on any atom is -0.444 e. The standard InChI is InChI=1S/C17H23ClN2O2/c1-11(2)12-8-13(18)14(19-9-12)17(6-7-17)10-20-15(21)22-16(3,4)5/h8-9H,1,6-7,10H2,2-5H3,(H,20,21). The summed E-state index contributed by atoms with van der Waals surface area (Å²) >= 11 is 6.37. The van der Waals surface area contributed by atoms with E-state index >= 15 is 0 Å². The van der Waals surface area contributed by atoms with E-state index in [1.165, 1.54) is 0 Å². The van der Waals surface area contributed by atoms with E-state index < -0.39 is 11.7 Å². The predicted octanol–water partition coefficient (Wildman–Crippen LogP) is 4.32. The van der Waals surface area contributed by atoms with Gasteiger partial charge in [-0.2, -0.15) is 0 Å². The van der Waals surface area contributed by atoms with E-state index in [1.807, 2.05) is 33.8 Å². The first-order chi connectivity index (χ1) is 10.1. The smallest absolute Gasteiger partial charge is 0.407 e. The SMILES string of the molecule is C=C(C)c1cnc(C2(CNC(=O)OC(C)(C)C)CC2)c(Cl)c1. The van der Waals surface area contributed by atoms with Crippen LogP contribution in [0.15, 0.2) is 18.8 Å². The summed E-state index contributed by atoms with van der Waals surface area (Å²) in [6, 6.07) is 1.89. The van der Waals surface area contributed by atoms with Gasteiger partial charge in [-0.3, -0.25) is 4.98 Å². The maximum Gasteiger partial charge on any atom is 0.407 e. The van der Waals surface area contributed by atoms with Crippen LogP contribution in [0.1, 0.15) is 51.8 Å². The van der Waals surface area contributed by atoms with Gasteiger partial charge in [-0.25, -0.2) is 4.79 Å². The van der Waals surface area contributed by atoms with Crippen molar-refractivity contribution in [3.05, 3.63) is 35.1 Å². The molecular weight excluding hydrogens is 300 g/mol. The Morgan fingerprint density at radius 2 is 2.14 bits per heavy atom. The number of pyridine rings is 1. The summed E-state index contributed by atoms with van der Waals surface area (Å²) in [5.74, 6) is 0. The first-order valence-electron chi connectivity index (χ1n) is 7.42. The zero-order chi connectivity index (χ0) is 16.5. The number of ether oxygens (including phenoxy) is 1. The van der Waals surface area contributed by atoms with Crippen LogP contribution >= 0.6 is 11.6 Å². The van der Waals surface area contributed by atoms with E-state index in [9.17, 15) is 4.79 Å². The van der Waals surface area contributed by atoms with E-state index in [-0.39, 0.29) is 5.41 Å². The Morgan fingerprint density at radius 1 is 1.50 bits per heavy atom. The molecule has 120 valence electrons. The number of allylic oxidation sites excluding steroid dienone is 1. The Morgan fingerprint density at radius 3 is 2.59 bits per heavy atom. The zero-order valence-corrected chi connectivity index (χ0v) is 14.4. The molecule has 0 unspecified atom stereocenters. The van der Waals surface area contributed by atoms with E-state index in [4.69, 9.17) is 16.3 Å². The van der Waals surface area contributed by atoms with Gasteiger partial charge in [0.25, 0.3) is 0 Å². The number of hydrogen-bond donors (Lipinski definition) is 1. The number of carbonyl (C=O) groups excluding carboxylic acids is 1. The van der Waals surface area contributed by atoms with Crippen molar-refractivity contribution >= 4 is 23.3 Å². The van der Waals surface area contributed by atoms with Crippen molar-refractivity contribution in [1.29, 1.82) is 0 Å². The fraction of sp³-hybridized carbons (Fsp3) is 0.529. The molecule has 4 nitrogen and oxygen atoms in total. The predicted molar refractivity (Wildman–Crippen MR) is 89.1 cm³/mol. The first-order valence-corrected chi connectivity index (χ1v) is 7.79. The number of carbonyl (C=O) groups is 1. The maximum absolute atomic E-state index is 11.8. The van der Waals surface area contributed by atoms with Crippen molar-refractivity contribution in [2.75, 3.05) is 6.54 Å². The number of alkyl carbamates (subject to hydrolysis) is 1. The van der Waals surface area contributed by atoms with Crippen LogP contribution in [0.25, 0.3) is 5.57 Å². The summed E-state index contributed by atoms with van der Waals surface area (Å²) in [6.45, 7) is 11.8. The zero-order valence-electron chi connectivity index (χ0n) is 13.6. The Balaban J connectivity index is 2.06. The molecule has 1 N–H and O–H groups in total. The highest BCUT2D eigenvalue weighted by atomic mass is 35.5. The monoisotopic (exact) mass is 322 g/mol. The Hall–Kier alpha value is -1.55. The van der Waals surface area contributed by atoms with Gasteiger partial charge in [0, 0.05) is 18.2 Å². The van der Waals surface area contributed by atoms with Gasteiger partial charge in [0.2, 0.25) is 0 Å². The Kier molecular flexibility index (Phi) is 4.52. The van der Waals surface area contributed by atoms with Crippen LogP contribution in [0, 0.1) is 0 Å². The van der Waals surface area contributed by atoms with E-state index in [0.717, 1.165) is 29.7 Å². The molecule has 1 aromatic heterocycles. The lowest BCUT2D eigenvalue weighted by atomic mass is 10.00. The normalized spacial score (nSPS) is 16.0. The lowest BCUT2D eigenvalue weighted by molar-refractivity contribution is 0.0522. The molecule has 2 rings (SSSR count). The molecule has 0 aromatic carbocycles.